The van der Waals surface area contributed by atoms with Gasteiger partial charge in [0.2, 0.25) is 0 Å². The third-order valence-electron chi connectivity index (χ3n) is 7.81. The molecule has 0 amide bonds. The fourth-order valence-electron chi connectivity index (χ4n) is 6.72. The number of alkyl halides is 1. The second-order valence-electron chi connectivity index (χ2n) is 8.39. The van der Waals surface area contributed by atoms with Crippen LogP contribution in [0.5, 0.6) is 0 Å². The van der Waals surface area contributed by atoms with Crippen molar-refractivity contribution in [3.05, 3.63) is 11.6 Å². The van der Waals surface area contributed by atoms with Gasteiger partial charge in [-0.1, -0.05) is 47.3 Å². The predicted molar refractivity (Wildman–Crippen MR) is 89.1 cm³/mol. The van der Waals surface area contributed by atoms with Crippen LogP contribution in [0.15, 0.2) is 11.6 Å². The third-order valence-corrected chi connectivity index (χ3v) is 8.93. The van der Waals surface area contributed by atoms with Crippen LogP contribution in [-0.2, 0) is 0 Å². The van der Waals surface area contributed by atoms with Crippen LogP contribution in [0.2, 0.25) is 0 Å². The molecule has 0 aromatic carbocycles. The Balaban J connectivity index is 1.69. The van der Waals surface area contributed by atoms with Crippen molar-refractivity contribution in [3.8, 4) is 0 Å². The number of allylic oxidation sites excluding steroid dienone is 2. The van der Waals surface area contributed by atoms with Gasteiger partial charge in [0.05, 0.1) is 0 Å². The van der Waals surface area contributed by atoms with Gasteiger partial charge in [-0.3, -0.25) is 0 Å². The van der Waals surface area contributed by atoms with Crippen LogP contribution in [0.25, 0.3) is 0 Å². The second-order valence-corrected chi connectivity index (χ2v) is 8.95. The highest BCUT2D eigenvalue weighted by atomic mass is 79.9. The zero-order valence-corrected chi connectivity index (χ0v) is 14.6. The van der Waals surface area contributed by atoms with E-state index in [0.29, 0.717) is 10.8 Å². The van der Waals surface area contributed by atoms with Crippen LogP contribution in [0, 0.1) is 28.6 Å². The first-order valence-corrected chi connectivity index (χ1v) is 10.1. The number of halogens is 1. The Morgan fingerprint density at radius 3 is 2.85 bits per heavy atom. The topological polar surface area (TPSA) is 0 Å². The van der Waals surface area contributed by atoms with E-state index in [1.165, 1.54) is 69.5 Å². The second kappa shape index (κ2) is 4.86. The van der Waals surface area contributed by atoms with Crippen LogP contribution in [0.4, 0.5) is 0 Å². The number of hydrogen-bond acceptors (Lipinski definition) is 0. The minimum absolute atomic E-state index is 0.586. The van der Waals surface area contributed by atoms with Gasteiger partial charge in [0, 0.05) is 5.33 Å². The Hall–Kier alpha value is 0.220. The Bertz CT molecular complexity index is 425. The minimum Gasteiger partial charge on any atom is -0.0922 e. The molecule has 5 atom stereocenters. The molecule has 0 aliphatic heterocycles. The molecule has 0 aromatic heterocycles. The molecule has 0 spiro atoms. The molecule has 0 nitrogen and oxygen atoms in total. The lowest BCUT2D eigenvalue weighted by molar-refractivity contribution is -0.0222. The minimum atomic E-state index is 0.586. The van der Waals surface area contributed by atoms with E-state index in [9.17, 15) is 0 Å². The summed E-state index contributed by atoms with van der Waals surface area (Å²) in [6.07, 6.45) is 17.5. The average Bonchev–Trinajstić information content (AvgIpc) is 2.91. The monoisotopic (exact) mass is 336 g/mol. The molecule has 3 saturated carbocycles. The molecule has 1 heteroatoms. The van der Waals surface area contributed by atoms with E-state index in [1.54, 1.807) is 0 Å². The average molecular weight is 337 g/mol. The van der Waals surface area contributed by atoms with Gasteiger partial charge in [0.15, 0.2) is 0 Å². The van der Waals surface area contributed by atoms with E-state index in [4.69, 9.17) is 0 Å². The SMILES string of the molecule is C[C@]12CCCCC1=CC[C@H]1[C@@H]3CCC[C@@]3(CBr)CC[C@@H]12. The highest BCUT2D eigenvalue weighted by Gasteiger charge is 2.56. The summed E-state index contributed by atoms with van der Waals surface area (Å²) < 4.78 is 0. The fraction of sp³-hybridized carbons (Fsp3) is 0.895. The summed E-state index contributed by atoms with van der Waals surface area (Å²) in [5.74, 6) is 3.05. The van der Waals surface area contributed by atoms with Gasteiger partial charge in [-0.2, -0.15) is 0 Å². The van der Waals surface area contributed by atoms with Crippen molar-refractivity contribution in [2.24, 2.45) is 28.6 Å². The molecule has 0 heterocycles. The van der Waals surface area contributed by atoms with Crippen LogP contribution < -0.4 is 0 Å². The Morgan fingerprint density at radius 1 is 1.10 bits per heavy atom. The number of rotatable bonds is 1. The summed E-state index contributed by atoms with van der Waals surface area (Å²) in [6, 6.07) is 0. The first kappa shape index (κ1) is 13.9. The summed E-state index contributed by atoms with van der Waals surface area (Å²) in [4.78, 5) is 0. The lowest BCUT2D eigenvalue weighted by Gasteiger charge is -2.57. The van der Waals surface area contributed by atoms with Crippen LogP contribution in [-0.4, -0.2) is 5.33 Å². The van der Waals surface area contributed by atoms with Gasteiger partial charge in [-0.15, -0.1) is 0 Å². The summed E-state index contributed by atoms with van der Waals surface area (Å²) in [6.45, 7) is 2.63. The standard InChI is InChI=1S/C19H29Br/c1-18-10-3-2-5-14(18)7-8-15-16(18)9-12-19(13-20)11-4-6-17(15)19/h7,15-17H,2-6,8-13H2,1H3/t15-,16+,17+,18+,19+/m1/s1. The van der Waals surface area contributed by atoms with Gasteiger partial charge < -0.3 is 0 Å². The molecule has 4 aliphatic carbocycles. The third kappa shape index (κ3) is 1.77. The molecule has 20 heavy (non-hydrogen) atoms. The van der Waals surface area contributed by atoms with Crippen LogP contribution in [0.3, 0.4) is 0 Å². The molecule has 0 unspecified atom stereocenters. The zero-order chi connectivity index (χ0) is 13.8. The van der Waals surface area contributed by atoms with E-state index in [0.717, 1.165) is 17.8 Å². The summed E-state index contributed by atoms with van der Waals surface area (Å²) in [5, 5.41) is 1.27. The zero-order valence-electron chi connectivity index (χ0n) is 13.0. The van der Waals surface area contributed by atoms with Crippen molar-refractivity contribution < 1.29 is 0 Å². The molecule has 0 saturated heterocycles. The van der Waals surface area contributed by atoms with Crippen molar-refractivity contribution in [3.63, 3.8) is 0 Å². The van der Waals surface area contributed by atoms with Gasteiger partial charge in [0.25, 0.3) is 0 Å². The molecule has 0 bridgehead atoms. The van der Waals surface area contributed by atoms with Crippen molar-refractivity contribution in [1.82, 2.24) is 0 Å². The summed E-state index contributed by atoms with van der Waals surface area (Å²) in [7, 11) is 0. The van der Waals surface area contributed by atoms with E-state index in [1.807, 2.05) is 5.57 Å². The molecule has 0 aromatic rings. The maximum Gasteiger partial charge on any atom is 0.00907 e. The van der Waals surface area contributed by atoms with E-state index < -0.39 is 0 Å². The molecule has 0 N–H and O–H groups in total. The number of hydrogen-bond donors (Lipinski definition) is 0. The van der Waals surface area contributed by atoms with Crippen LogP contribution >= 0.6 is 15.9 Å². The highest BCUT2D eigenvalue weighted by Crippen LogP contribution is 2.65. The van der Waals surface area contributed by atoms with Crippen molar-refractivity contribution in [2.75, 3.05) is 5.33 Å². The molecule has 4 rings (SSSR count). The van der Waals surface area contributed by atoms with Crippen molar-refractivity contribution in [2.45, 2.75) is 71.1 Å². The lowest BCUT2D eigenvalue weighted by atomic mass is 9.48. The van der Waals surface area contributed by atoms with Crippen molar-refractivity contribution >= 4 is 15.9 Å². The fourth-order valence-corrected chi connectivity index (χ4v) is 7.70. The van der Waals surface area contributed by atoms with Gasteiger partial charge in [-0.05, 0) is 80.0 Å². The van der Waals surface area contributed by atoms with Crippen molar-refractivity contribution in [1.29, 1.82) is 0 Å². The molecular weight excluding hydrogens is 308 g/mol. The predicted octanol–water partition coefficient (Wildman–Crippen LogP) is 6.10. The normalized spacial score (nSPS) is 50.9. The van der Waals surface area contributed by atoms with E-state index >= 15 is 0 Å². The Morgan fingerprint density at radius 2 is 2.00 bits per heavy atom. The maximum absolute atomic E-state index is 3.89. The quantitative estimate of drug-likeness (QED) is 0.400. The first-order valence-electron chi connectivity index (χ1n) is 8.95. The smallest absolute Gasteiger partial charge is 0.00907 e. The Labute approximate surface area is 132 Å². The van der Waals surface area contributed by atoms with Gasteiger partial charge >= 0.3 is 0 Å². The van der Waals surface area contributed by atoms with E-state index in [-0.39, 0.29) is 0 Å². The summed E-state index contributed by atoms with van der Waals surface area (Å²) >= 11 is 3.89. The maximum atomic E-state index is 3.89. The lowest BCUT2D eigenvalue weighted by Crippen LogP contribution is -2.49. The highest BCUT2D eigenvalue weighted by molar-refractivity contribution is 9.09. The van der Waals surface area contributed by atoms with Crippen LogP contribution in [0.1, 0.15) is 71.1 Å². The first-order chi connectivity index (χ1) is 9.70. The molecular formula is C19H29Br. The van der Waals surface area contributed by atoms with Gasteiger partial charge in [-0.25, -0.2) is 0 Å². The molecule has 4 aliphatic rings. The largest absolute Gasteiger partial charge is 0.0922 e. The van der Waals surface area contributed by atoms with E-state index in [2.05, 4.69) is 28.9 Å². The molecule has 112 valence electrons. The Kier molecular flexibility index (Phi) is 3.37. The molecule has 0 radical (unpaired) electrons. The summed E-state index contributed by atoms with van der Waals surface area (Å²) in [5.41, 5.74) is 3.12. The van der Waals surface area contributed by atoms with Gasteiger partial charge in [0.1, 0.15) is 0 Å². The number of fused-ring (bicyclic) bond motifs is 5. The molecule has 3 fully saturated rings.